The Morgan fingerprint density at radius 3 is 2.61 bits per heavy atom. The van der Waals surface area contributed by atoms with E-state index in [1.165, 1.54) is 23.5 Å². The number of aromatic nitrogens is 1. The maximum absolute atomic E-state index is 13.7. The fourth-order valence-electron chi connectivity index (χ4n) is 3.10. The van der Waals surface area contributed by atoms with Gasteiger partial charge in [0, 0.05) is 23.7 Å². The van der Waals surface area contributed by atoms with Gasteiger partial charge in [-0.05, 0) is 55.9 Å². The van der Waals surface area contributed by atoms with E-state index in [4.69, 9.17) is 16.6 Å². The number of rotatable bonds is 7. The first-order valence-electron chi connectivity index (χ1n) is 9.29. The van der Waals surface area contributed by atoms with Gasteiger partial charge in [-0.2, -0.15) is 0 Å². The minimum absolute atomic E-state index is 0.255. The molecular formula is C21H23ClFN3OS. The van der Waals surface area contributed by atoms with Crippen LogP contribution in [0.3, 0.4) is 0 Å². The molecule has 4 nitrogen and oxygen atoms in total. The number of likely N-dealkylation sites (N-methyl/N-ethyl adjacent to an activating group) is 1. The van der Waals surface area contributed by atoms with Crippen molar-refractivity contribution in [1.29, 1.82) is 0 Å². The number of thiazole rings is 1. The van der Waals surface area contributed by atoms with Gasteiger partial charge in [0.2, 0.25) is 0 Å². The molecule has 3 rings (SSSR count). The van der Waals surface area contributed by atoms with Crippen molar-refractivity contribution in [2.45, 2.75) is 20.8 Å². The molecule has 0 aliphatic heterocycles. The zero-order chi connectivity index (χ0) is 20.3. The molecule has 0 aliphatic carbocycles. The van der Waals surface area contributed by atoms with Gasteiger partial charge in [-0.3, -0.25) is 9.69 Å². The van der Waals surface area contributed by atoms with Crippen LogP contribution in [-0.2, 0) is 0 Å². The lowest BCUT2D eigenvalue weighted by Gasteiger charge is -2.24. The third-order valence-electron chi connectivity index (χ3n) is 4.72. The highest BCUT2D eigenvalue weighted by molar-refractivity contribution is 7.22. The lowest BCUT2D eigenvalue weighted by atomic mass is 10.2. The first kappa shape index (κ1) is 20.7. The van der Waals surface area contributed by atoms with E-state index in [0.717, 1.165) is 28.9 Å². The molecule has 0 bridgehead atoms. The second-order valence-corrected chi connectivity index (χ2v) is 8.01. The van der Waals surface area contributed by atoms with Crippen LogP contribution < -0.4 is 4.90 Å². The third-order valence-corrected chi connectivity index (χ3v) is 5.96. The summed E-state index contributed by atoms with van der Waals surface area (Å²) >= 11 is 7.60. The van der Waals surface area contributed by atoms with Crippen molar-refractivity contribution in [3.05, 3.63) is 58.4 Å². The number of aryl methyl sites for hydroxylation is 1. The van der Waals surface area contributed by atoms with Crippen molar-refractivity contribution in [2.24, 2.45) is 0 Å². The second kappa shape index (κ2) is 8.99. The van der Waals surface area contributed by atoms with Crippen LogP contribution >= 0.6 is 22.9 Å². The Balaban J connectivity index is 2.00. The second-order valence-electron chi connectivity index (χ2n) is 6.56. The molecule has 0 radical (unpaired) electrons. The molecule has 0 spiro atoms. The van der Waals surface area contributed by atoms with Crippen LogP contribution in [0, 0.1) is 12.7 Å². The summed E-state index contributed by atoms with van der Waals surface area (Å²) in [6.45, 7) is 9.11. The van der Waals surface area contributed by atoms with Crippen molar-refractivity contribution in [3.8, 4) is 0 Å². The maximum atomic E-state index is 13.7. The van der Waals surface area contributed by atoms with Gasteiger partial charge in [0.1, 0.15) is 5.82 Å². The van der Waals surface area contributed by atoms with E-state index in [0.29, 0.717) is 28.8 Å². The summed E-state index contributed by atoms with van der Waals surface area (Å²) in [5.74, 6) is -0.684. The molecule has 0 saturated carbocycles. The van der Waals surface area contributed by atoms with E-state index >= 15 is 0 Å². The first-order chi connectivity index (χ1) is 13.4. The van der Waals surface area contributed by atoms with Gasteiger partial charge >= 0.3 is 0 Å². The molecule has 7 heteroatoms. The molecule has 0 N–H and O–H groups in total. The van der Waals surface area contributed by atoms with E-state index < -0.39 is 5.82 Å². The molecule has 1 aromatic heterocycles. The minimum atomic E-state index is -0.429. The monoisotopic (exact) mass is 419 g/mol. The lowest BCUT2D eigenvalue weighted by Crippen LogP contribution is -2.38. The largest absolute Gasteiger partial charge is 0.302 e. The Morgan fingerprint density at radius 1 is 1.18 bits per heavy atom. The fraction of sp³-hybridized carbons (Fsp3) is 0.333. The van der Waals surface area contributed by atoms with Crippen molar-refractivity contribution < 1.29 is 9.18 Å². The molecular weight excluding hydrogens is 397 g/mol. The van der Waals surface area contributed by atoms with Crippen molar-refractivity contribution >= 4 is 44.2 Å². The SMILES string of the molecule is CCN(CC)CCN(C(=O)c1cccc(F)c1)c1nc2c(C)cc(Cl)cc2s1. The average molecular weight is 420 g/mol. The van der Waals surface area contributed by atoms with Gasteiger partial charge in [0.25, 0.3) is 5.91 Å². The average Bonchev–Trinajstić information content (AvgIpc) is 3.09. The van der Waals surface area contributed by atoms with Crippen molar-refractivity contribution in [2.75, 3.05) is 31.1 Å². The van der Waals surface area contributed by atoms with E-state index in [2.05, 4.69) is 18.7 Å². The number of benzene rings is 2. The standard InChI is InChI=1S/C21H23ClFN3OS/c1-4-25(5-2)9-10-26(20(27)15-7-6-8-17(23)12-15)21-24-19-14(3)11-16(22)13-18(19)28-21/h6-8,11-13H,4-5,9-10H2,1-3H3. The van der Waals surface area contributed by atoms with Crippen molar-refractivity contribution in [3.63, 3.8) is 0 Å². The Kier molecular flexibility index (Phi) is 6.65. The number of carbonyl (C=O) groups excluding carboxylic acids is 1. The third kappa shape index (κ3) is 4.51. The van der Waals surface area contributed by atoms with Crippen LogP contribution in [0.15, 0.2) is 36.4 Å². The van der Waals surface area contributed by atoms with E-state index in [-0.39, 0.29) is 5.91 Å². The molecule has 148 valence electrons. The smallest absolute Gasteiger partial charge is 0.260 e. The molecule has 2 aromatic carbocycles. The normalized spacial score (nSPS) is 11.4. The molecule has 3 aromatic rings. The highest BCUT2D eigenvalue weighted by atomic mass is 35.5. The number of anilines is 1. The van der Waals surface area contributed by atoms with E-state index in [1.807, 2.05) is 19.1 Å². The summed E-state index contributed by atoms with van der Waals surface area (Å²) in [6, 6.07) is 9.50. The Morgan fingerprint density at radius 2 is 1.93 bits per heavy atom. The van der Waals surface area contributed by atoms with Crippen LogP contribution in [0.5, 0.6) is 0 Å². The summed E-state index contributed by atoms with van der Waals surface area (Å²) in [6.07, 6.45) is 0. The lowest BCUT2D eigenvalue weighted by molar-refractivity contribution is 0.0983. The summed E-state index contributed by atoms with van der Waals surface area (Å²) in [5.41, 5.74) is 2.12. The van der Waals surface area contributed by atoms with Crippen LogP contribution in [0.2, 0.25) is 5.02 Å². The van der Waals surface area contributed by atoms with Gasteiger partial charge in [0.05, 0.1) is 10.2 Å². The molecule has 0 saturated heterocycles. The summed E-state index contributed by atoms with van der Waals surface area (Å²) in [4.78, 5) is 21.8. The summed E-state index contributed by atoms with van der Waals surface area (Å²) in [7, 11) is 0. The van der Waals surface area contributed by atoms with Crippen LogP contribution in [0.4, 0.5) is 9.52 Å². The molecule has 28 heavy (non-hydrogen) atoms. The number of nitrogens with zero attached hydrogens (tertiary/aromatic N) is 3. The zero-order valence-corrected chi connectivity index (χ0v) is 17.8. The van der Waals surface area contributed by atoms with Crippen LogP contribution in [-0.4, -0.2) is 42.0 Å². The number of carbonyl (C=O) groups is 1. The van der Waals surface area contributed by atoms with Crippen molar-refractivity contribution in [1.82, 2.24) is 9.88 Å². The van der Waals surface area contributed by atoms with Gasteiger partial charge in [-0.25, -0.2) is 9.37 Å². The molecule has 0 unspecified atom stereocenters. The topological polar surface area (TPSA) is 36.4 Å². The highest BCUT2D eigenvalue weighted by Crippen LogP contribution is 2.33. The molecule has 0 fully saturated rings. The molecule has 0 aliphatic rings. The van der Waals surface area contributed by atoms with E-state index in [1.54, 1.807) is 17.0 Å². The molecule has 1 amide bonds. The molecule has 0 atom stereocenters. The van der Waals surface area contributed by atoms with Crippen LogP contribution in [0.25, 0.3) is 10.2 Å². The van der Waals surface area contributed by atoms with Gasteiger partial charge in [0.15, 0.2) is 5.13 Å². The summed E-state index contributed by atoms with van der Waals surface area (Å²) < 4.78 is 14.6. The Labute approximate surface area is 173 Å². The number of hydrogen-bond donors (Lipinski definition) is 0. The summed E-state index contributed by atoms with van der Waals surface area (Å²) in [5, 5.41) is 1.24. The van der Waals surface area contributed by atoms with Gasteiger partial charge < -0.3 is 4.90 Å². The minimum Gasteiger partial charge on any atom is -0.302 e. The Hall–Kier alpha value is -2.02. The fourth-order valence-corrected chi connectivity index (χ4v) is 4.55. The van der Waals surface area contributed by atoms with Gasteiger partial charge in [-0.1, -0.05) is 42.9 Å². The van der Waals surface area contributed by atoms with Gasteiger partial charge in [-0.15, -0.1) is 0 Å². The first-order valence-corrected chi connectivity index (χ1v) is 10.5. The quantitative estimate of drug-likeness (QED) is 0.515. The molecule has 1 heterocycles. The maximum Gasteiger partial charge on any atom is 0.260 e. The number of fused-ring (bicyclic) bond motifs is 1. The zero-order valence-electron chi connectivity index (χ0n) is 16.2. The van der Waals surface area contributed by atoms with Crippen LogP contribution in [0.1, 0.15) is 29.8 Å². The Bertz CT molecular complexity index is 987. The predicted molar refractivity (Wildman–Crippen MR) is 115 cm³/mol. The number of amides is 1. The predicted octanol–water partition coefficient (Wildman–Crippen LogP) is 5.39. The highest BCUT2D eigenvalue weighted by Gasteiger charge is 2.22. The number of halogens is 2. The number of hydrogen-bond acceptors (Lipinski definition) is 4. The van der Waals surface area contributed by atoms with E-state index in [9.17, 15) is 9.18 Å².